The molecule has 0 atom stereocenters. The van der Waals surface area contributed by atoms with Crippen molar-refractivity contribution in [2.45, 2.75) is 38.6 Å². The molecule has 2 amide bonds. The molecular formula is C22H27N3O5S. The Bertz CT molecular complexity index is 1090. The second-order valence-corrected chi connectivity index (χ2v) is 9.91. The van der Waals surface area contributed by atoms with Crippen LogP contribution in [0.1, 0.15) is 31.9 Å². The molecule has 1 aliphatic heterocycles. The van der Waals surface area contributed by atoms with Gasteiger partial charge in [0.15, 0.2) is 0 Å². The van der Waals surface area contributed by atoms with E-state index < -0.39 is 15.4 Å². The number of carbonyl (C=O) groups excluding carboxylic acids is 2. The molecule has 0 fully saturated rings. The van der Waals surface area contributed by atoms with Gasteiger partial charge in [-0.05, 0) is 61.7 Å². The SMILES string of the molecule is CC(=O)N1CCc2c(cccc2S(=O)(=O)Nc2ccc(NC(=O)C(C)(C)CO)cc2)C1. The average molecular weight is 446 g/mol. The summed E-state index contributed by atoms with van der Waals surface area (Å²) in [6.07, 6.45) is 0.470. The molecule has 0 unspecified atom stereocenters. The first kappa shape index (κ1) is 22.8. The van der Waals surface area contributed by atoms with Crippen molar-refractivity contribution in [1.29, 1.82) is 0 Å². The molecule has 166 valence electrons. The van der Waals surface area contributed by atoms with Crippen LogP contribution in [0.4, 0.5) is 11.4 Å². The van der Waals surface area contributed by atoms with Gasteiger partial charge in [-0.3, -0.25) is 14.3 Å². The first-order chi connectivity index (χ1) is 14.5. The Balaban J connectivity index is 1.77. The number of rotatable bonds is 6. The molecule has 9 heteroatoms. The topological polar surface area (TPSA) is 116 Å². The Morgan fingerprint density at radius 3 is 2.35 bits per heavy atom. The van der Waals surface area contributed by atoms with Crippen molar-refractivity contribution in [3.8, 4) is 0 Å². The van der Waals surface area contributed by atoms with Crippen molar-refractivity contribution in [3.63, 3.8) is 0 Å². The van der Waals surface area contributed by atoms with E-state index in [1.165, 1.54) is 6.92 Å². The van der Waals surface area contributed by atoms with E-state index in [9.17, 15) is 23.1 Å². The Morgan fingerprint density at radius 1 is 1.10 bits per heavy atom. The summed E-state index contributed by atoms with van der Waals surface area (Å²) in [5.41, 5.74) is 1.48. The van der Waals surface area contributed by atoms with Crippen LogP contribution in [0.5, 0.6) is 0 Å². The zero-order valence-corrected chi connectivity index (χ0v) is 18.6. The Morgan fingerprint density at radius 2 is 1.74 bits per heavy atom. The predicted octanol–water partition coefficient (Wildman–Crippen LogP) is 2.35. The molecular weight excluding hydrogens is 418 g/mol. The van der Waals surface area contributed by atoms with E-state index in [2.05, 4.69) is 10.0 Å². The highest BCUT2D eigenvalue weighted by Gasteiger charge is 2.27. The zero-order chi connectivity index (χ0) is 22.8. The van der Waals surface area contributed by atoms with E-state index in [-0.39, 0.29) is 23.3 Å². The zero-order valence-electron chi connectivity index (χ0n) is 17.8. The van der Waals surface area contributed by atoms with Crippen LogP contribution < -0.4 is 10.0 Å². The molecule has 0 aliphatic carbocycles. The Kier molecular flexibility index (Phi) is 6.38. The summed E-state index contributed by atoms with van der Waals surface area (Å²) >= 11 is 0. The lowest BCUT2D eigenvalue weighted by atomic mass is 9.93. The third kappa shape index (κ3) is 5.05. The van der Waals surface area contributed by atoms with E-state index in [4.69, 9.17) is 0 Å². The third-order valence-corrected chi connectivity index (χ3v) is 6.83. The highest BCUT2D eigenvalue weighted by molar-refractivity contribution is 7.92. The number of hydrogen-bond donors (Lipinski definition) is 3. The normalized spacial score (nSPS) is 14.0. The molecule has 2 aromatic carbocycles. The lowest BCUT2D eigenvalue weighted by molar-refractivity contribution is -0.129. The van der Waals surface area contributed by atoms with Crippen LogP contribution in [-0.2, 0) is 32.6 Å². The van der Waals surface area contributed by atoms with E-state index in [0.717, 1.165) is 11.1 Å². The number of hydrogen-bond acceptors (Lipinski definition) is 5. The fourth-order valence-corrected chi connectivity index (χ4v) is 4.67. The van der Waals surface area contributed by atoms with Crippen LogP contribution in [0.15, 0.2) is 47.4 Å². The molecule has 31 heavy (non-hydrogen) atoms. The van der Waals surface area contributed by atoms with Gasteiger partial charge >= 0.3 is 0 Å². The molecule has 0 radical (unpaired) electrons. The van der Waals surface area contributed by atoms with Crippen molar-refractivity contribution < 1.29 is 23.1 Å². The smallest absolute Gasteiger partial charge is 0.262 e. The summed E-state index contributed by atoms with van der Waals surface area (Å²) in [5.74, 6) is -0.370. The first-order valence-corrected chi connectivity index (χ1v) is 11.4. The van der Waals surface area contributed by atoms with Gasteiger partial charge in [-0.15, -0.1) is 0 Å². The molecule has 0 spiro atoms. The molecule has 2 aromatic rings. The quantitative estimate of drug-likeness (QED) is 0.631. The first-order valence-electron chi connectivity index (χ1n) is 9.95. The van der Waals surface area contributed by atoms with Gasteiger partial charge in [-0.25, -0.2) is 8.42 Å². The van der Waals surface area contributed by atoms with Crippen molar-refractivity contribution in [2.75, 3.05) is 23.2 Å². The molecule has 3 rings (SSSR count). The minimum atomic E-state index is -3.83. The second-order valence-electron chi connectivity index (χ2n) is 8.26. The number of amides is 2. The largest absolute Gasteiger partial charge is 0.395 e. The van der Waals surface area contributed by atoms with E-state index >= 15 is 0 Å². The second kappa shape index (κ2) is 8.68. The maximum Gasteiger partial charge on any atom is 0.262 e. The Labute approximate surface area is 182 Å². The highest BCUT2D eigenvalue weighted by Crippen LogP contribution is 2.28. The van der Waals surface area contributed by atoms with Gasteiger partial charge in [0, 0.05) is 31.4 Å². The monoisotopic (exact) mass is 445 g/mol. The van der Waals surface area contributed by atoms with Gasteiger partial charge in [0.1, 0.15) is 0 Å². The summed E-state index contributed by atoms with van der Waals surface area (Å²) in [4.78, 5) is 25.7. The predicted molar refractivity (Wildman–Crippen MR) is 118 cm³/mol. The summed E-state index contributed by atoms with van der Waals surface area (Å²) in [6, 6.07) is 11.4. The molecule has 0 saturated carbocycles. The summed E-state index contributed by atoms with van der Waals surface area (Å²) in [6.45, 7) is 5.34. The maximum atomic E-state index is 13.0. The van der Waals surface area contributed by atoms with Gasteiger partial charge in [0.2, 0.25) is 11.8 Å². The van der Waals surface area contributed by atoms with Gasteiger partial charge < -0.3 is 15.3 Å². The van der Waals surface area contributed by atoms with Crippen molar-refractivity contribution in [2.24, 2.45) is 5.41 Å². The fourth-order valence-electron chi connectivity index (χ4n) is 3.30. The van der Waals surface area contributed by atoms with Gasteiger partial charge in [0.25, 0.3) is 10.0 Å². The van der Waals surface area contributed by atoms with Crippen LogP contribution in [-0.4, -0.2) is 43.4 Å². The summed E-state index contributed by atoms with van der Waals surface area (Å²) < 4.78 is 28.6. The van der Waals surface area contributed by atoms with Crippen LogP contribution in [0, 0.1) is 5.41 Å². The molecule has 8 nitrogen and oxygen atoms in total. The van der Waals surface area contributed by atoms with Crippen LogP contribution in [0.3, 0.4) is 0 Å². The molecule has 1 heterocycles. The molecule has 0 bridgehead atoms. The summed E-state index contributed by atoms with van der Waals surface area (Å²) in [7, 11) is -3.83. The van der Waals surface area contributed by atoms with Gasteiger partial charge in [-0.2, -0.15) is 0 Å². The van der Waals surface area contributed by atoms with Crippen molar-refractivity contribution in [3.05, 3.63) is 53.6 Å². The van der Waals surface area contributed by atoms with E-state index in [0.29, 0.717) is 30.9 Å². The fraction of sp³-hybridized carbons (Fsp3) is 0.364. The Hall–Kier alpha value is -2.91. The molecule has 3 N–H and O–H groups in total. The number of fused-ring (bicyclic) bond motifs is 1. The number of carbonyl (C=O) groups is 2. The van der Waals surface area contributed by atoms with Crippen molar-refractivity contribution in [1.82, 2.24) is 4.90 Å². The number of anilines is 2. The van der Waals surface area contributed by atoms with Crippen LogP contribution in [0.2, 0.25) is 0 Å². The van der Waals surface area contributed by atoms with Crippen LogP contribution in [0.25, 0.3) is 0 Å². The summed E-state index contributed by atoms with van der Waals surface area (Å²) in [5, 5.41) is 12.0. The highest BCUT2D eigenvalue weighted by atomic mass is 32.2. The minimum Gasteiger partial charge on any atom is -0.395 e. The average Bonchev–Trinajstić information content (AvgIpc) is 2.73. The van der Waals surface area contributed by atoms with E-state index in [1.54, 1.807) is 55.1 Å². The van der Waals surface area contributed by atoms with Gasteiger partial charge in [0.05, 0.1) is 16.9 Å². The number of benzene rings is 2. The number of sulfonamides is 1. The minimum absolute atomic E-state index is 0.0356. The molecule has 1 aliphatic rings. The number of nitrogens with one attached hydrogen (secondary N) is 2. The number of nitrogens with zero attached hydrogens (tertiary/aromatic N) is 1. The maximum absolute atomic E-state index is 13.0. The number of aliphatic hydroxyl groups is 1. The van der Waals surface area contributed by atoms with Crippen LogP contribution >= 0.6 is 0 Å². The lowest BCUT2D eigenvalue weighted by Crippen LogP contribution is -2.35. The third-order valence-electron chi connectivity index (χ3n) is 5.36. The standard InChI is InChI=1S/C22H27N3O5S/c1-15(27)25-12-11-19-16(13-25)5-4-6-20(19)31(29,30)24-18-9-7-17(8-10-18)23-21(28)22(2,3)14-26/h4-10,24,26H,11-14H2,1-3H3,(H,23,28). The van der Waals surface area contributed by atoms with Gasteiger partial charge in [-0.1, -0.05) is 12.1 Å². The molecule has 0 aromatic heterocycles. The van der Waals surface area contributed by atoms with Crippen molar-refractivity contribution >= 4 is 33.2 Å². The number of aliphatic hydroxyl groups excluding tert-OH is 1. The molecule has 0 saturated heterocycles. The lowest BCUT2D eigenvalue weighted by Gasteiger charge is -2.29. The van der Waals surface area contributed by atoms with E-state index in [1.807, 2.05) is 6.07 Å².